The van der Waals surface area contributed by atoms with Crippen molar-refractivity contribution in [2.24, 2.45) is 0 Å². The number of fused-ring (bicyclic) bond motifs is 1. The first kappa shape index (κ1) is 11.2. The minimum atomic E-state index is -0.645. The molecule has 2 nitrogen and oxygen atoms in total. The van der Waals surface area contributed by atoms with Crippen LogP contribution in [0.1, 0.15) is 24.8 Å². The second-order valence-corrected chi connectivity index (χ2v) is 5.70. The number of benzene rings is 1. The molecule has 0 spiro atoms. The first-order valence-corrected chi connectivity index (χ1v) is 7.07. The van der Waals surface area contributed by atoms with E-state index in [9.17, 15) is 5.11 Å². The molecule has 0 amide bonds. The Kier molecular flexibility index (Phi) is 2.90. The lowest BCUT2D eigenvalue weighted by Crippen LogP contribution is -2.27. The number of rotatable bonds is 1. The molecule has 2 heterocycles. The lowest BCUT2D eigenvalue weighted by atomic mass is 9.86. The molecule has 1 fully saturated rings. The summed E-state index contributed by atoms with van der Waals surface area (Å²) in [7, 11) is 0. The van der Waals surface area contributed by atoms with Gasteiger partial charge in [-0.2, -0.15) is 0 Å². The van der Waals surface area contributed by atoms with Gasteiger partial charge in [0.05, 0.1) is 5.60 Å². The van der Waals surface area contributed by atoms with E-state index in [0.29, 0.717) is 0 Å². The number of aliphatic hydroxyl groups is 1. The molecule has 90 valence electrons. The Balaban J connectivity index is 2.09. The highest BCUT2D eigenvalue weighted by molar-refractivity contribution is 7.17. The topological polar surface area (TPSA) is 32.3 Å². The molecule has 2 aromatic rings. The van der Waals surface area contributed by atoms with Crippen LogP contribution in [-0.4, -0.2) is 18.2 Å². The molecule has 1 aliphatic rings. The summed E-state index contributed by atoms with van der Waals surface area (Å²) < 4.78 is 1.25. The van der Waals surface area contributed by atoms with Crippen molar-refractivity contribution < 1.29 is 5.11 Å². The van der Waals surface area contributed by atoms with Crippen LogP contribution in [0.2, 0.25) is 0 Å². The Morgan fingerprint density at radius 1 is 1.18 bits per heavy atom. The van der Waals surface area contributed by atoms with Crippen molar-refractivity contribution in [2.75, 3.05) is 13.1 Å². The average Bonchev–Trinajstić information content (AvgIpc) is 2.71. The quantitative estimate of drug-likeness (QED) is 0.812. The minimum absolute atomic E-state index is 0.645. The van der Waals surface area contributed by atoms with E-state index in [1.54, 1.807) is 11.3 Å². The highest BCUT2D eigenvalue weighted by Crippen LogP contribution is 2.37. The smallest absolute Gasteiger partial charge is 0.0922 e. The first-order valence-electron chi connectivity index (χ1n) is 6.19. The number of nitrogens with one attached hydrogen (secondary N) is 1. The van der Waals surface area contributed by atoms with E-state index in [0.717, 1.165) is 37.9 Å². The molecule has 3 heteroatoms. The second-order valence-electron chi connectivity index (χ2n) is 4.78. The van der Waals surface area contributed by atoms with Crippen LogP contribution < -0.4 is 5.32 Å². The summed E-state index contributed by atoms with van der Waals surface area (Å²) in [5.74, 6) is 0. The third-order valence-corrected chi connectivity index (χ3v) is 4.60. The normalized spacial score (nSPS) is 25.9. The van der Waals surface area contributed by atoms with E-state index < -0.39 is 5.60 Å². The molecule has 1 aromatic carbocycles. The van der Waals surface area contributed by atoms with Gasteiger partial charge in [-0.1, -0.05) is 18.2 Å². The fourth-order valence-electron chi connectivity index (χ4n) is 2.68. The lowest BCUT2D eigenvalue weighted by Gasteiger charge is -2.27. The fraction of sp³-hybridized carbons (Fsp3) is 0.429. The van der Waals surface area contributed by atoms with Crippen LogP contribution in [0, 0.1) is 0 Å². The van der Waals surface area contributed by atoms with Gasteiger partial charge in [-0.05, 0) is 49.2 Å². The molecule has 3 rings (SSSR count). The summed E-state index contributed by atoms with van der Waals surface area (Å²) in [4.78, 5) is 0. The SMILES string of the molecule is OC1(c2cccc3ccsc23)CCCNCC1. The predicted octanol–water partition coefficient (Wildman–Crippen LogP) is 2.86. The summed E-state index contributed by atoms with van der Waals surface area (Å²) in [6, 6.07) is 8.39. The van der Waals surface area contributed by atoms with Crippen LogP contribution >= 0.6 is 11.3 Å². The van der Waals surface area contributed by atoms with Gasteiger partial charge in [-0.15, -0.1) is 11.3 Å². The number of hydrogen-bond acceptors (Lipinski definition) is 3. The van der Waals surface area contributed by atoms with Gasteiger partial charge < -0.3 is 10.4 Å². The van der Waals surface area contributed by atoms with E-state index in [1.165, 1.54) is 10.1 Å². The van der Waals surface area contributed by atoms with E-state index in [1.807, 2.05) is 0 Å². The van der Waals surface area contributed by atoms with Crippen LogP contribution in [0.25, 0.3) is 10.1 Å². The molecule has 1 unspecified atom stereocenters. The summed E-state index contributed by atoms with van der Waals surface area (Å²) in [5.41, 5.74) is 0.474. The van der Waals surface area contributed by atoms with Gasteiger partial charge in [0.15, 0.2) is 0 Å². The third kappa shape index (κ3) is 1.99. The molecule has 0 aliphatic carbocycles. The van der Waals surface area contributed by atoms with Crippen molar-refractivity contribution >= 4 is 21.4 Å². The summed E-state index contributed by atoms with van der Waals surface area (Å²) in [6.07, 6.45) is 2.71. The van der Waals surface area contributed by atoms with Crippen molar-refractivity contribution in [3.8, 4) is 0 Å². The van der Waals surface area contributed by atoms with Crippen LogP contribution in [0.15, 0.2) is 29.6 Å². The standard InChI is InChI=1S/C14H17NOS/c16-14(6-2-8-15-9-7-14)12-4-1-3-11-5-10-17-13(11)12/h1,3-5,10,15-16H,2,6-9H2. The maximum Gasteiger partial charge on any atom is 0.0922 e. The van der Waals surface area contributed by atoms with Gasteiger partial charge in [0.1, 0.15) is 0 Å². The summed E-state index contributed by atoms with van der Waals surface area (Å²) >= 11 is 1.73. The molecular formula is C14H17NOS. The zero-order valence-corrected chi connectivity index (χ0v) is 10.6. The molecule has 0 bridgehead atoms. The maximum absolute atomic E-state index is 10.9. The van der Waals surface area contributed by atoms with Crippen LogP contribution in [0.5, 0.6) is 0 Å². The average molecular weight is 247 g/mol. The molecule has 2 N–H and O–H groups in total. The van der Waals surface area contributed by atoms with Crippen molar-refractivity contribution in [3.05, 3.63) is 35.2 Å². The number of hydrogen-bond donors (Lipinski definition) is 2. The van der Waals surface area contributed by atoms with Crippen LogP contribution in [-0.2, 0) is 5.60 Å². The Morgan fingerprint density at radius 2 is 2.12 bits per heavy atom. The second kappa shape index (κ2) is 4.41. The molecular weight excluding hydrogens is 230 g/mol. The molecule has 1 aromatic heterocycles. The van der Waals surface area contributed by atoms with Gasteiger partial charge >= 0.3 is 0 Å². The van der Waals surface area contributed by atoms with Crippen molar-refractivity contribution in [3.63, 3.8) is 0 Å². The Bertz CT molecular complexity index is 512. The molecule has 1 aliphatic heterocycles. The van der Waals surface area contributed by atoms with Crippen LogP contribution in [0.3, 0.4) is 0 Å². The zero-order valence-electron chi connectivity index (χ0n) is 9.78. The number of thiophene rings is 1. The highest BCUT2D eigenvalue weighted by atomic mass is 32.1. The van der Waals surface area contributed by atoms with E-state index in [2.05, 4.69) is 35.0 Å². The molecule has 1 saturated heterocycles. The Labute approximate surface area is 105 Å². The van der Waals surface area contributed by atoms with Crippen molar-refractivity contribution in [1.82, 2.24) is 5.32 Å². The van der Waals surface area contributed by atoms with E-state index in [-0.39, 0.29) is 0 Å². The molecule has 0 saturated carbocycles. The van der Waals surface area contributed by atoms with E-state index in [4.69, 9.17) is 0 Å². The maximum atomic E-state index is 10.9. The first-order chi connectivity index (χ1) is 8.30. The lowest BCUT2D eigenvalue weighted by molar-refractivity contribution is 0.0257. The van der Waals surface area contributed by atoms with Gasteiger partial charge in [-0.25, -0.2) is 0 Å². The van der Waals surface area contributed by atoms with Gasteiger partial charge in [0.2, 0.25) is 0 Å². The van der Waals surface area contributed by atoms with Crippen molar-refractivity contribution in [1.29, 1.82) is 0 Å². The van der Waals surface area contributed by atoms with Crippen molar-refractivity contribution in [2.45, 2.75) is 24.9 Å². The highest BCUT2D eigenvalue weighted by Gasteiger charge is 2.31. The van der Waals surface area contributed by atoms with Gasteiger partial charge in [-0.3, -0.25) is 0 Å². The fourth-order valence-corrected chi connectivity index (χ4v) is 3.69. The molecule has 17 heavy (non-hydrogen) atoms. The third-order valence-electron chi connectivity index (χ3n) is 3.64. The monoisotopic (exact) mass is 247 g/mol. The van der Waals surface area contributed by atoms with E-state index >= 15 is 0 Å². The Morgan fingerprint density at radius 3 is 3.06 bits per heavy atom. The molecule has 1 atom stereocenters. The Hall–Kier alpha value is -0.900. The van der Waals surface area contributed by atoms with Gasteiger partial charge in [0, 0.05) is 10.3 Å². The van der Waals surface area contributed by atoms with Crippen LogP contribution in [0.4, 0.5) is 0 Å². The summed E-state index contributed by atoms with van der Waals surface area (Å²) in [5, 5.41) is 17.6. The molecule has 0 radical (unpaired) electrons. The largest absolute Gasteiger partial charge is 0.385 e. The zero-order chi connectivity index (χ0) is 11.7. The minimum Gasteiger partial charge on any atom is -0.385 e. The summed E-state index contributed by atoms with van der Waals surface area (Å²) in [6.45, 7) is 1.92. The van der Waals surface area contributed by atoms with Gasteiger partial charge in [0.25, 0.3) is 0 Å². The predicted molar refractivity (Wildman–Crippen MR) is 72.4 cm³/mol.